The second-order valence-electron chi connectivity index (χ2n) is 6.24. The Morgan fingerprint density at radius 3 is 2.90 bits per heavy atom. The number of nitrogens with zero attached hydrogens (tertiary/aromatic N) is 2. The van der Waals surface area contributed by atoms with E-state index >= 15 is 0 Å². The van der Waals surface area contributed by atoms with Crippen LogP contribution in [-0.4, -0.2) is 34.7 Å². The number of pyridine rings is 1. The van der Waals surface area contributed by atoms with Gasteiger partial charge in [0.1, 0.15) is 5.60 Å². The first-order valence-corrected chi connectivity index (χ1v) is 7.01. The monoisotopic (exact) mass is 277 g/mol. The summed E-state index contributed by atoms with van der Waals surface area (Å²) in [5.74, 6) is 0.321. The van der Waals surface area contributed by atoms with Crippen LogP contribution >= 0.6 is 0 Å². The normalized spacial score (nSPS) is 19.2. The Hall–Kier alpha value is -1.62. The highest BCUT2D eigenvalue weighted by atomic mass is 16.6. The fraction of sp³-hybridized carbons (Fsp3) is 0.600. The van der Waals surface area contributed by atoms with E-state index in [1.165, 1.54) is 0 Å². The van der Waals surface area contributed by atoms with Crippen molar-refractivity contribution in [3.63, 3.8) is 0 Å². The van der Waals surface area contributed by atoms with E-state index < -0.39 is 5.60 Å². The van der Waals surface area contributed by atoms with Crippen molar-refractivity contribution >= 4 is 6.09 Å². The van der Waals surface area contributed by atoms with Crippen molar-refractivity contribution in [3.05, 3.63) is 29.6 Å². The maximum Gasteiger partial charge on any atom is 0.410 e. The number of amides is 1. The standard InChI is InChI=1S/C15H23N3O2/c1-15(2,3)20-14(19)18-5-4-12(10-18)13-6-11(7-16)8-17-9-13/h6,8-9,12H,4-5,7,10,16H2,1-3H3. The Morgan fingerprint density at radius 1 is 1.50 bits per heavy atom. The maximum atomic E-state index is 12.0. The molecule has 2 rings (SSSR count). The van der Waals surface area contributed by atoms with E-state index in [9.17, 15) is 4.79 Å². The van der Waals surface area contributed by atoms with Gasteiger partial charge >= 0.3 is 6.09 Å². The van der Waals surface area contributed by atoms with Crippen molar-refractivity contribution in [2.45, 2.75) is 45.3 Å². The lowest BCUT2D eigenvalue weighted by atomic mass is 9.99. The van der Waals surface area contributed by atoms with Crippen molar-refractivity contribution in [2.24, 2.45) is 5.73 Å². The van der Waals surface area contributed by atoms with Gasteiger partial charge in [-0.15, -0.1) is 0 Å². The minimum atomic E-state index is -0.448. The zero-order valence-electron chi connectivity index (χ0n) is 12.4. The van der Waals surface area contributed by atoms with Crippen LogP contribution in [0.5, 0.6) is 0 Å². The summed E-state index contributed by atoms with van der Waals surface area (Å²) in [6, 6.07) is 2.08. The van der Waals surface area contributed by atoms with Crippen LogP contribution in [0.15, 0.2) is 18.5 Å². The van der Waals surface area contributed by atoms with Crippen molar-refractivity contribution in [2.75, 3.05) is 13.1 Å². The summed E-state index contributed by atoms with van der Waals surface area (Å²) in [7, 11) is 0. The number of carbonyl (C=O) groups excluding carboxylic acids is 1. The molecule has 1 aromatic heterocycles. The quantitative estimate of drug-likeness (QED) is 0.900. The summed E-state index contributed by atoms with van der Waals surface area (Å²) in [5, 5.41) is 0. The van der Waals surface area contributed by atoms with Gasteiger partial charge in [-0.05, 0) is 38.3 Å². The number of carbonyl (C=O) groups is 1. The average molecular weight is 277 g/mol. The first kappa shape index (κ1) is 14.8. The molecule has 0 saturated carbocycles. The summed E-state index contributed by atoms with van der Waals surface area (Å²) in [5.41, 5.74) is 7.37. The molecule has 1 atom stereocenters. The van der Waals surface area contributed by atoms with Gasteiger partial charge < -0.3 is 15.4 Å². The molecular weight excluding hydrogens is 254 g/mol. The number of likely N-dealkylation sites (tertiary alicyclic amines) is 1. The Bertz CT molecular complexity index is 482. The fourth-order valence-electron chi connectivity index (χ4n) is 2.37. The van der Waals surface area contributed by atoms with Crippen LogP contribution in [0.25, 0.3) is 0 Å². The van der Waals surface area contributed by atoms with Crippen LogP contribution in [0.3, 0.4) is 0 Å². The highest BCUT2D eigenvalue weighted by molar-refractivity contribution is 5.68. The number of ether oxygens (including phenoxy) is 1. The first-order valence-electron chi connectivity index (χ1n) is 7.01. The smallest absolute Gasteiger partial charge is 0.410 e. The molecule has 5 heteroatoms. The molecule has 2 N–H and O–H groups in total. The van der Waals surface area contributed by atoms with Crippen molar-refractivity contribution in [1.82, 2.24) is 9.88 Å². The van der Waals surface area contributed by atoms with Crippen LogP contribution < -0.4 is 5.73 Å². The molecule has 1 unspecified atom stereocenters. The summed E-state index contributed by atoms with van der Waals surface area (Å²) in [4.78, 5) is 18.0. The molecule has 20 heavy (non-hydrogen) atoms. The topological polar surface area (TPSA) is 68.5 Å². The lowest BCUT2D eigenvalue weighted by Crippen LogP contribution is -2.35. The van der Waals surface area contributed by atoms with Crippen LogP contribution in [-0.2, 0) is 11.3 Å². The minimum absolute atomic E-state index is 0.233. The predicted octanol–water partition coefficient (Wildman–Crippen LogP) is 2.26. The average Bonchev–Trinajstić information content (AvgIpc) is 2.86. The van der Waals surface area contributed by atoms with Crippen LogP contribution in [0.4, 0.5) is 4.79 Å². The van der Waals surface area contributed by atoms with E-state index in [1.54, 1.807) is 11.1 Å². The van der Waals surface area contributed by atoms with Gasteiger partial charge in [0.15, 0.2) is 0 Å². The van der Waals surface area contributed by atoms with E-state index in [-0.39, 0.29) is 6.09 Å². The molecule has 1 fully saturated rings. The molecule has 0 bridgehead atoms. The van der Waals surface area contributed by atoms with E-state index in [2.05, 4.69) is 11.1 Å². The van der Waals surface area contributed by atoms with Gasteiger partial charge in [0.25, 0.3) is 0 Å². The van der Waals surface area contributed by atoms with Crippen LogP contribution in [0.1, 0.15) is 44.2 Å². The largest absolute Gasteiger partial charge is 0.444 e. The molecule has 110 valence electrons. The molecule has 1 aliphatic heterocycles. The molecule has 0 radical (unpaired) electrons. The molecule has 1 aliphatic rings. The number of hydrogen-bond acceptors (Lipinski definition) is 4. The Balaban J connectivity index is 1.99. The lowest BCUT2D eigenvalue weighted by molar-refractivity contribution is 0.0292. The van der Waals surface area contributed by atoms with Gasteiger partial charge in [0.2, 0.25) is 0 Å². The van der Waals surface area contributed by atoms with Gasteiger partial charge in [-0.2, -0.15) is 0 Å². The van der Waals surface area contributed by atoms with Crippen molar-refractivity contribution in [3.8, 4) is 0 Å². The SMILES string of the molecule is CC(C)(C)OC(=O)N1CCC(c2cncc(CN)c2)C1. The molecule has 1 amide bonds. The highest BCUT2D eigenvalue weighted by Gasteiger charge is 2.30. The summed E-state index contributed by atoms with van der Waals surface area (Å²) < 4.78 is 5.40. The molecule has 2 heterocycles. The van der Waals surface area contributed by atoms with E-state index in [0.717, 1.165) is 24.1 Å². The Kier molecular flexibility index (Phi) is 4.28. The minimum Gasteiger partial charge on any atom is -0.444 e. The molecule has 1 aromatic rings. The van der Waals surface area contributed by atoms with Crippen LogP contribution in [0, 0.1) is 0 Å². The van der Waals surface area contributed by atoms with Crippen molar-refractivity contribution < 1.29 is 9.53 Å². The zero-order chi connectivity index (χ0) is 14.8. The first-order chi connectivity index (χ1) is 9.39. The van der Waals surface area contributed by atoms with Crippen LogP contribution in [0.2, 0.25) is 0 Å². The van der Waals surface area contributed by atoms with E-state index in [0.29, 0.717) is 19.0 Å². The third-order valence-electron chi connectivity index (χ3n) is 3.36. The number of rotatable bonds is 2. The molecule has 1 saturated heterocycles. The Labute approximate surface area is 120 Å². The second kappa shape index (κ2) is 5.79. The lowest BCUT2D eigenvalue weighted by Gasteiger charge is -2.24. The third-order valence-corrected chi connectivity index (χ3v) is 3.36. The molecule has 5 nitrogen and oxygen atoms in total. The summed E-state index contributed by atoms with van der Waals surface area (Å²) in [6.45, 7) is 7.55. The van der Waals surface area contributed by atoms with Crippen molar-refractivity contribution in [1.29, 1.82) is 0 Å². The second-order valence-corrected chi connectivity index (χ2v) is 6.24. The fourth-order valence-corrected chi connectivity index (χ4v) is 2.37. The summed E-state index contributed by atoms with van der Waals surface area (Å²) >= 11 is 0. The molecule has 0 spiro atoms. The molecular formula is C15H23N3O2. The molecule has 0 aromatic carbocycles. The highest BCUT2D eigenvalue weighted by Crippen LogP contribution is 2.28. The van der Waals surface area contributed by atoms with Gasteiger partial charge in [-0.1, -0.05) is 6.07 Å². The van der Waals surface area contributed by atoms with Gasteiger partial charge in [0, 0.05) is 37.9 Å². The number of hydrogen-bond donors (Lipinski definition) is 1. The summed E-state index contributed by atoms with van der Waals surface area (Å²) in [6.07, 6.45) is 4.35. The van der Waals surface area contributed by atoms with Gasteiger partial charge in [0.05, 0.1) is 0 Å². The molecule has 0 aliphatic carbocycles. The van der Waals surface area contributed by atoms with Gasteiger partial charge in [-0.3, -0.25) is 4.98 Å². The third kappa shape index (κ3) is 3.70. The number of nitrogens with two attached hydrogens (primary N) is 1. The maximum absolute atomic E-state index is 12.0. The zero-order valence-corrected chi connectivity index (χ0v) is 12.4. The number of aromatic nitrogens is 1. The Morgan fingerprint density at radius 2 is 2.25 bits per heavy atom. The van der Waals surface area contributed by atoms with Gasteiger partial charge in [-0.25, -0.2) is 4.79 Å². The van der Waals surface area contributed by atoms with E-state index in [1.807, 2.05) is 27.0 Å². The predicted molar refractivity (Wildman–Crippen MR) is 77.3 cm³/mol. The van der Waals surface area contributed by atoms with E-state index in [4.69, 9.17) is 10.5 Å².